The molecule has 2 bridgehead atoms. The van der Waals surface area contributed by atoms with Crippen LogP contribution < -0.4 is 5.73 Å². The summed E-state index contributed by atoms with van der Waals surface area (Å²) < 4.78 is 5.88. The summed E-state index contributed by atoms with van der Waals surface area (Å²) in [6, 6.07) is 0.254. The van der Waals surface area contributed by atoms with Gasteiger partial charge in [0, 0.05) is 19.0 Å². The Morgan fingerprint density at radius 2 is 2.16 bits per heavy atom. The van der Waals surface area contributed by atoms with E-state index >= 15 is 0 Å². The van der Waals surface area contributed by atoms with Gasteiger partial charge in [0.15, 0.2) is 0 Å². The van der Waals surface area contributed by atoms with Gasteiger partial charge >= 0.3 is 6.03 Å². The van der Waals surface area contributed by atoms with Crippen molar-refractivity contribution in [1.29, 1.82) is 0 Å². The van der Waals surface area contributed by atoms with Gasteiger partial charge in [-0.25, -0.2) is 4.79 Å². The second-order valence-corrected chi connectivity index (χ2v) is 7.53. The molecule has 138 valence electrons. The van der Waals surface area contributed by atoms with Crippen LogP contribution in [0.3, 0.4) is 0 Å². The molecule has 3 aliphatic rings. The number of rotatable bonds is 7. The minimum atomic E-state index is -0.131. The van der Waals surface area contributed by atoms with Crippen LogP contribution in [0.2, 0.25) is 0 Å². The van der Waals surface area contributed by atoms with Gasteiger partial charge < -0.3 is 15.1 Å². The summed E-state index contributed by atoms with van der Waals surface area (Å²) >= 11 is 0. The van der Waals surface area contributed by atoms with Crippen LogP contribution in [-0.2, 0) is 11.3 Å². The molecule has 2 N–H and O–H groups in total. The lowest BCUT2D eigenvalue weighted by molar-refractivity contribution is -0.130. The van der Waals surface area contributed by atoms with Crippen molar-refractivity contribution in [3.05, 3.63) is 11.8 Å². The lowest BCUT2D eigenvalue weighted by atomic mass is 9.79. The third-order valence-electron chi connectivity index (χ3n) is 5.55. The van der Waals surface area contributed by atoms with Crippen LogP contribution in [0.25, 0.3) is 0 Å². The predicted octanol–water partition coefficient (Wildman–Crippen LogP) is 2.02. The molecule has 25 heavy (non-hydrogen) atoms. The number of aromatic nitrogens is 2. The number of hydroxylamine groups is 2. The van der Waals surface area contributed by atoms with Crippen LogP contribution in [0.4, 0.5) is 4.79 Å². The summed E-state index contributed by atoms with van der Waals surface area (Å²) in [4.78, 5) is 20.2. The highest BCUT2D eigenvalue weighted by molar-refractivity contribution is 5.77. The summed E-state index contributed by atoms with van der Waals surface area (Å²) in [7, 11) is 0. The Labute approximate surface area is 147 Å². The maximum atomic E-state index is 12.7. The van der Waals surface area contributed by atoms with E-state index in [4.69, 9.17) is 15.0 Å². The number of hydrogen-bond acceptors (Lipinski definition) is 6. The summed E-state index contributed by atoms with van der Waals surface area (Å²) in [5.41, 5.74) is 5.83. The van der Waals surface area contributed by atoms with Gasteiger partial charge in [0.1, 0.15) is 6.04 Å². The molecule has 1 aromatic heterocycles. The van der Waals surface area contributed by atoms with E-state index in [1.165, 1.54) is 0 Å². The summed E-state index contributed by atoms with van der Waals surface area (Å²) in [6.45, 7) is 3.37. The molecule has 2 saturated heterocycles. The maximum Gasteiger partial charge on any atom is 0.345 e. The fraction of sp³-hybridized carbons (Fsp3) is 0.824. The molecule has 3 heterocycles. The minimum Gasteiger partial charge on any atom is -0.423 e. The number of amides is 2. The molecule has 4 rings (SSSR count). The second-order valence-electron chi connectivity index (χ2n) is 7.53. The number of nitrogens with two attached hydrogens (primary N) is 1. The molecule has 0 spiro atoms. The first-order valence-corrected chi connectivity index (χ1v) is 9.46. The molecular formula is C17H27N5O3. The third kappa shape index (κ3) is 3.25. The van der Waals surface area contributed by atoms with Crippen molar-refractivity contribution in [2.75, 3.05) is 13.2 Å². The SMILES string of the molecule is CCCCON1C(=O)N2C[C@@H]1CC[C@H]2c1nnc(CC2CC(N)C2)o1. The van der Waals surface area contributed by atoms with Gasteiger partial charge in [-0.2, -0.15) is 5.06 Å². The number of urea groups is 1. The van der Waals surface area contributed by atoms with E-state index in [2.05, 4.69) is 17.1 Å². The van der Waals surface area contributed by atoms with Crippen molar-refractivity contribution in [3.8, 4) is 0 Å². The quantitative estimate of drug-likeness (QED) is 0.756. The zero-order valence-electron chi connectivity index (χ0n) is 14.8. The van der Waals surface area contributed by atoms with E-state index in [0.29, 0.717) is 36.9 Å². The predicted molar refractivity (Wildman–Crippen MR) is 89.3 cm³/mol. The van der Waals surface area contributed by atoms with E-state index < -0.39 is 0 Å². The zero-order chi connectivity index (χ0) is 17.4. The average molecular weight is 349 g/mol. The first-order valence-electron chi connectivity index (χ1n) is 9.46. The minimum absolute atomic E-state index is 0.0756. The van der Waals surface area contributed by atoms with E-state index in [1.54, 1.807) is 5.06 Å². The molecule has 1 saturated carbocycles. The number of piperidine rings is 1. The smallest absolute Gasteiger partial charge is 0.345 e. The molecule has 2 aliphatic heterocycles. The molecule has 2 amide bonds. The average Bonchev–Trinajstić information content (AvgIpc) is 3.13. The Kier molecular flexibility index (Phi) is 4.64. The van der Waals surface area contributed by atoms with Crippen LogP contribution in [-0.4, -0.2) is 51.4 Å². The number of nitrogens with zero attached hydrogens (tertiary/aromatic N) is 4. The number of carbonyl (C=O) groups is 1. The van der Waals surface area contributed by atoms with Gasteiger partial charge in [0.25, 0.3) is 0 Å². The molecule has 8 heteroatoms. The molecule has 3 fully saturated rings. The lowest BCUT2D eigenvalue weighted by Gasteiger charge is -2.31. The molecule has 2 atom stereocenters. The Bertz CT molecular complexity index is 615. The first-order chi connectivity index (χ1) is 12.2. The highest BCUT2D eigenvalue weighted by Crippen LogP contribution is 2.38. The summed E-state index contributed by atoms with van der Waals surface area (Å²) in [5.74, 6) is 1.77. The third-order valence-corrected chi connectivity index (χ3v) is 5.55. The standard InChI is InChI=1S/C17H27N5O3/c1-2-3-6-24-22-13-4-5-14(21(10-13)17(22)23)16-20-19-15(25-16)9-11-7-12(18)8-11/h11-14H,2-10,18H2,1H3/t11?,12?,13-,14-/m0/s1. The number of unbranched alkanes of at least 4 members (excludes halogenated alkanes) is 1. The normalized spacial score (nSPS) is 31.5. The Hall–Kier alpha value is -1.67. The molecule has 8 nitrogen and oxygen atoms in total. The first kappa shape index (κ1) is 16.8. The van der Waals surface area contributed by atoms with Gasteiger partial charge in [0.05, 0.1) is 12.6 Å². The van der Waals surface area contributed by atoms with Crippen molar-refractivity contribution in [2.24, 2.45) is 11.7 Å². The summed E-state index contributed by atoms with van der Waals surface area (Å²) in [5, 5.41) is 9.96. The molecular weight excluding hydrogens is 322 g/mol. The van der Waals surface area contributed by atoms with Crippen molar-refractivity contribution < 1.29 is 14.0 Å². The van der Waals surface area contributed by atoms with Crippen molar-refractivity contribution in [1.82, 2.24) is 20.2 Å². The van der Waals surface area contributed by atoms with E-state index in [9.17, 15) is 4.79 Å². The second kappa shape index (κ2) is 6.92. The van der Waals surface area contributed by atoms with Crippen molar-refractivity contribution in [2.45, 2.75) is 70.0 Å². The molecule has 0 radical (unpaired) electrons. The molecule has 1 aromatic rings. The van der Waals surface area contributed by atoms with E-state index in [1.807, 2.05) is 4.90 Å². The number of hydrogen-bond donors (Lipinski definition) is 1. The van der Waals surface area contributed by atoms with E-state index in [-0.39, 0.29) is 18.1 Å². The number of carbonyl (C=O) groups excluding carboxylic acids is 1. The lowest BCUT2D eigenvalue weighted by Crippen LogP contribution is -2.37. The van der Waals surface area contributed by atoms with Crippen LogP contribution in [0, 0.1) is 5.92 Å². The fourth-order valence-corrected chi connectivity index (χ4v) is 4.05. The topological polar surface area (TPSA) is 97.7 Å². The highest BCUT2D eigenvalue weighted by atomic mass is 16.7. The molecule has 0 unspecified atom stereocenters. The van der Waals surface area contributed by atoms with Crippen LogP contribution >= 0.6 is 0 Å². The van der Waals surface area contributed by atoms with Crippen molar-refractivity contribution >= 4 is 6.03 Å². The van der Waals surface area contributed by atoms with Gasteiger partial charge in [-0.15, -0.1) is 10.2 Å². The van der Waals surface area contributed by atoms with Crippen LogP contribution in [0.1, 0.15) is 63.3 Å². The van der Waals surface area contributed by atoms with Gasteiger partial charge in [-0.05, 0) is 38.0 Å². The van der Waals surface area contributed by atoms with Gasteiger partial charge in [0.2, 0.25) is 11.8 Å². The maximum absolute atomic E-state index is 12.7. The zero-order valence-corrected chi connectivity index (χ0v) is 14.8. The Balaban J connectivity index is 1.39. The number of fused-ring (bicyclic) bond motifs is 2. The summed E-state index contributed by atoms with van der Waals surface area (Å²) in [6.07, 6.45) is 6.58. The molecule has 0 aromatic carbocycles. The van der Waals surface area contributed by atoms with Gasteiger partial charge in [-0.1, -0.05) is 13.3 Å². The molecule has 1 aliphatic carbocycles. The Morgan fingerprint density at radius 3 is 2.92 bits per heavy atom. The Morgan fingerprint density at radius 1 is 1.32 bits per heavy atom. The largest absolute Gasteiger partial charge is 0.423 e. The highest BCUT2D eigenvalue weighted by Gasteiger charge is 2.47. The monoisotopic (exact) mass is 349 g/mol. The van der Waals surface area contributed by atoms with Crippen molar-refractivity contribution in [3.63, 3.8) is 0 Å². The van der Waals surface area contributed by atoms with E-state index in [0.717, 1.165) is 44.9 Å². The van der Waals surface area contributed by atoms with Gasteiger partial charge in [-0.3, -0.25) is 4.84 Å². The van der Waals surface area contributed by atoms with Crippen LogP contribution in [0.15, 0.2) is 4.42 Å². The fourth-order valence-electron chi connectivity index (χ4n) is 4.05. The van der Waals surface area contributed by atoms with Crippen LogP contribution in [0.5, 0.6) is 0 Å².